The van der Waals surface area contributed by atoms with Crippen LogP contribution in [0, 0.1) is 0 Å². The molecule has 0 spiro atoms. The Balaban J connectivity index is 1.98. The van der Waals surface area contributed by atoms with E-state index in [1.165, 1.54) is 18.2 Å². The van der Waals surface area contributed by atoms with Crippen molar-refractivity contribution in [1.82, 2.24) is 4.90 Å². The average molecular weight is 404 g/mol. The number of carbonyl (C=O) groups is 4. The Hall–Kier alpha value is -2.90. The molecule has 0 radical (unpaired) electrons. The van der Waals surface area contributed by atoms with Crippen molar-refractivity contribution in [2.24, 2.45) is 0 Å². The molecule has 29 heavy (non-hydrogen) atoms. The first-order valence-corrected chi connectivity index (χ1v) is 9.74. The quantitative estimate of drug-likeness (QED) is 0.554. The number of carbonyl (C=O) groups excluding carboxylic acids is 3. The van der Waals surface area contributed by atoms with Gasteiger partial charge in [0.25, 0.3) is 5.78 Å². The largest absolute Gasteiger partial charge is 0.475 e. The molecule has 1 aliphatic rings. The van der Waals surface area contributed by atoms with Crippen LogP contribution in [0.1, 0.15) is 63.2 Å². The lowest BCUT2D eigenvalue weighted by atomic mass is 9.98. The van der Waals surface area contributed by atoms with Gasteiger partial charge in [-0.15, -0.1) is 0 Å². The average Bonchev–Trinajstić information content (AvgIpc) is 2.65. The van der Waals surface area contributed by atoms with Gasteiger partial charge in [0.15, 0.2) is 0 Å². The summed E-state index contributed by atoms with van der Waals surface area (Å²) in [4.78, 5) is 49.3. The topological polar surface area (TPSA) is 113 Å². The Morgan fingerprint density at radius 3 is 2.52 bits per heavy atom. The van der Waals surface area contributed by atoms with Gasteiger partial charge in [-0.1, -0.05) is 12.1 Å². The lowest BCUT2D eigenvalue weighted by Crippen LogP contribution is -2.46. The first kappa shape index (κ1) is 22.4. The molecule has 2 amide bonds. The number of likely N-dealkylation sites (tertiary alicyclic amines) is 1. The minimum absolute atomic E-state index is 0.0682. The fourth-order valence-electron chi connectivity index (χ4n) is 3.28. The van der Waals surface area contributed by atoms with Gasteiger partial charge in [0.05, 0.1) is 11.3 Å². The molecule has 1 unspecified atom stereocenters. The van der Waals surface area contributed by atoms with E-state index in [0.29, 0.717) is 13.0 Å². The van der Waals surface area contributed by atoms with E-state index >= 15 is 0 Å². The molecule has 8 nitrogen and oxygen atoms in total. The van der Waals surface area contributed by atoms with Crippen LogP contribution in [-0.2, 0) is 14.3 Å². The fraction of sp³-hybridized carbons (Fsp3) is 0.524. The molecule has 1 heterocycles. The van der Waals surface area contributed by atoms with Gasteiger partial charge in [0.1, 0.15) is 5.60 Å². The van der Waals surface area contributed by atoms with E-state index < -0.39 is 17.4 Å². The van der Waals surface area contributed by atoms with Crippen LogP contribution in [0.3, 0.4) is 0 Å². The van der Waals surface area contributed by atoms with E-state index in [-0.39, 0.29) is 35.7 Å². The maximum absolute atomic E-state index is 12.5. The summed E-state index contributed by atoms with van der Waals surface area (Å²) < 4.78 is 5.47. The lowest BCUT2D eigenvalue weighted by molar-refractivity contribution is -0.131. The predicted octanol–water partition coefficient (Wildman–Crippen LogP) is 3.46. The molecule has 2 rings (SSSR count). The summed E-state index contributed by atoms with van der Waals surface area (Å²) >= 11 is 0. The standard InChI is InChI=1S/C21H28N2O6/c1-21(2,3)29-20(28)23-13-7-6-8-14(23)11-12-17(24)22-16-10-5-4-9-15(16)18(25)19(26)27/h4-5,9-10,14H,6-8,11-13H2,1-3H3,(H,22,24)(H,26,27). The van der Waals surface area contributed by atoms with Gasteiger partial charge in [-0.05, 0) is 58.6 Å². The van der Waals surface area contributed by atoms with Crippen LogP contribution in [0.25, 0.3) is 0 Å². The summed E-state index contributed by atoms with van der Waals surface area (Å²) in [6.07, 6.45) is 2.88. The summed E-state index contributed by atoms with van der Waals surface area (Å²) in [5.74, 6) is -3.00. The molecule has 1 aliphatic heterocycles. The molecule has 1 atom stereocenters. The zero-order valence-corrected chi connectivity index (χ0v) is 17.1. The number of aliphatic carboxylic acids is 1. The van der Waals surface area contributed by atoms with Crippen LogP contribution in [0.2, 0.25) is 0 Å². The third-order valence-electron chi connectivity index (χ3n) is 4.60. The van der Waals surface area contributed by atoms with Gasteiger partial charge in [-0.3, -0.25) is 9.59 Å². The van der Waals surface area contributed by atoms with Crippen molar-refractivity contribution < 1.29 is 29.0 Å². The van der Waals surface area contributed by atoms with Crippen molar-refractivity contribution >= 4 is 29.4 Å². The Morgan fingerprint density at radius 2 is 1.86 bits per heavy atom. The zero-order valence-electron chi connectivity index (χ0n) is 17.1. The number of ketones is 1. The van der Waals surface area contributed by atoms with Crippen molar-refractivity contribution in [3.05, 3.63) is 29.8 Å². The summed E-state index contributed by atoms with van der Waals surface area (Å²) in [5.41, 5.74) is -0.490. The zero-order chi connectivity index (χ0) is 21.6. The Bertz CT molecular complexity index is 784. The van der Waals surface area contributed by atoms with E-state index in [1.807, 2.05) is 20.8 Å². The number of rotatable bonds is 6. The molecular weight excluding hydrogens is 376 g/mol. The second-order valence-electron chi connectivity index (χ2n) is 8.09. The second kappa shape index (κ2) is 9.54. The van der Waals surface area contributed by atoms with E-state index in [9.17, 15) is 19.2 Å². The van der Waals surface area contributed by atoms with Crippen molar-refractivity contribution in [1.29, 1.82) is 0 Å². The number of para-hydroxylation sites is 1. The van der Waals surface area contributed by atoms with Crippen molar-refractivity contribution in [2.45, 2.75) is 64.5 Å². The first-order chi connectivity index (χ1) is 13.6. The number of benzene rings is 1. The van der Waals surface area contributed by atoms with Crippen LogP contribution in [0.5, 0.6) is 0 Å². The Kier molecular flexibility index (Phi) is 7.36. The molecule has 0 aliphatic carbocycles. The maximum Gasteiger partial charge on any atom is 0.410 e. The highest BCUT2D eigenvalue weighted by atomic mass is 16.6. The summed E-state index contributed by atoms with van der Waals surface area (Å²) in [5, 5.41) is 11.5. The number of anilines is 1. The lowest BCUT2D eigenvalue weighted by Gasteiger charge is -2.36. The van der Waals surface area contributed by atoms with Gasteiger partial charge in [-0.2, -0.15) is 0 Å². The van der Waals surface area contributed by atoms with Crippen molar-refractivity contribution in [3.63, 3.8) is 0 Å². The molecule has 0 bridgehead atoms. The van der Waals surface area contributed by atoms with Gasteiger partial charge in [-0.25, -0.2) is 9.59 Å². The Labute approximate surface area is 170 Å². The highest BCUT2D eigenvalue weighted by molar-refractivity contribution is 6.41. The third kappa shape index (κ3) is 6.58. The number of nitrogens with zero attached hydrogens (tertiary/aromatic N) is 1. The van der Waals surface area contributed by atoms with Crippen molar-refractivity contribution in [2.75, 3.05) is 11.9 Å². The number of Topliss-reactive ketones (excluding diaryl/α,β-unsaturated/α-hetero) is 1. The molecule has 0 saturated carbocycles. The van der Waals surface area contributed by atoms with Gasteiger partial charge in [0, 0.05) is 19.0 Å². The number of carboxylic acids is 1. The fourth-order valence-corrected chi connectivity index (χ4v) is 3.28. The van der Waals surface area contributed by atoms with Crippen LogP contribution < -0.4 is 5.32 Å². The van der Waals surface area contributed by atoms with E-state index in [2.05, 4.69) is 5.32 Å². The smallest absolute Gasteiger partial charge is 0.410 e. The van der Waals surface area contributed by atoms with Crippen molar-refractivity contribution in [3.8, 4) is 0 Å². The van der Waals surface area contributed by atoms with E-state index in [1.54, 1.807) is 11.0 Å². The molecular formula is C21H28N2O6. The molecule has 158 valence electrons. The predicted molar refractivity (Wildman–Crippen MR) is 107 cm³/mol. The molecule has 0 aromatic heterocycles. The summed E-state index contributed by atoms with van der Waals surface area (Å²) in [6, 6.07) is 5.89. The first-order valence-electron chi connectivity index (χ1n) is 9.74. The number of hydrogen-bond donors (Lipinski definition) is 2. The van der Waals surface area contributed by atoms with Gasteiger partial charge < -0.3 is 20.1 Å². The van der Waals surface area contributed by atoms with Crippen LogP contribution in [-0.4, -0.2) is 51.9 Å². The van der Waals surface area contributed by atoms with Gasteiger partial charge >= 0.3 is 12.1 Å². The van der Waals surface area contributed by atoms with Crippen LogP contribution in [0.15, 0.2) is 24.3 Å². The highest BCUT2D eigenvalue weighted by Gasteiger charge is 2.30. The SMILES string of the molecule is CC(C)(C)OC(=O)N1CCCCC1CCC(=O)Nc1ccccc1C(=O)C(=O)O. The second-order valence-corrected chi connectivity index (χ2v) is 8.09. The molecule has 1 saturated heterocycles. The number of piperidine rings is 1. The monoisotopic (exact) mass is 404 g/mol. The summed E-state index contributed by atoms with van der Waals surface area (Å²) in [6.45, 7) is 6.03. The minimum atomic E-state index is -1.58. The number of ether oxygens (including phenoxy) is 1. The highest BCUT2D eigenvalue weighted by Crippen LogP contribution is 2.24. The molecule has 1 aromatic rings. The number of amides is 2. The van der Waals surface area contributed by atoms with E-state index in [4.69, 9.17) is 9.84 Å². The molecule has 1 fully saturated rings. The van der Waals surface area contributed by atoms with Gasteiger partial charge in [0.2, 0.25) is 5.91 Å². The Morgan fingerprint density at radius 1 is 1.17 bits per heavy atom. The number of carboxylic acid groups (broad SMARTS) is 1. The third-order valence-corrected chi connectivity index (χ3v) is 4.60. The maximum atomic E-state index is 12.5. The van der Waals surface area contributed by atoms with E-state index in [0.717, 1.165) is 19.3 Å². The number of nitrogens with one attached hydrogen (secondary N) is 1. The van der Waals surface area contributed by atoms with Crippen LogP contribution in [0.4, 0.5) is 10.5 Å². The molecule has 8 heteroatoms. The molecule has 2 N–H and O–H groups in total. The van der Waals surface area contributed by atoms with Crippen LogP contribution >= 0.6 is 0 Å². The minimum Gasteiger partial charge on any atom is -0.475 e. The normalized spacial score (nSPS) is 16.8. The summed E-state index contributed by atoms with van der Waals surface area (Å²) in [7, 11) is 0. The number of hydrogen-bond acceptors (Lipinski definition) is 5. The molecule has 1 aromatic carbocycles.